The van der Waals surface area contributed by atoms with Gasteiger partial charge in [-0.15, -0.1) is 0 Å². The monoisotopic (exact) mass is 259 g/mol. The van der Waals surface area contributed by atoms with Crippen LogP contribution in [0.4, 0.5) is 0 Å². The lowest BCUT2D eigenvalue weighted by Gasteiger charge is -2.15. The van der Waals surface area contributed by atoms with Gasteiger partial charge in [0, 0.05) is 31.8 Å². The molecule has 0 N–H and O–H groups in total. The number of rotatable bonds is 4. The van der Waals surface area contributed by atoms with Crippen LogP contribution in [0.25, 0.3) is 0 Å². The third-order valence-corrected chi connectivity index (χ3v) is 3.65. The van der Waals surface area contributed by atoms with Gasteiger partial charge in [-0.1, -0.05) is 0 Å². The van der Waals surface area contributed by atoms with E-state index in [4.69, 9.17) is 8.83 Å². The maximum Gasteiger partial charge on any atom is 0.223 e. The van der Waals surface area contributed by atoms with E-state index < -0.39 is 0 Å². The third-order valence-electron chi connectivity index (χ3n) is 3.65. The third kappa shape index (κ3) is 2.72. The summed E-state index contributed by atoms with van der Waals surface area (Å²) in [6, 6.07) is 7.64. The molecule has 4 nitrogen and oxygen atoms in total. The number of furan rings is 2. The Labute approximate surface area is 112 Å². The Hall–Kier alpha value is -1.97. The smallest absolute Gasteiger partial charge is 0.223 e. The zero-order chi connectivity index (χ0) is 13.1. The molecule has 19 heavy (non-hydrogen) atoms. The maximum atomic E-state index is 12.1. The molecule has 0 radical (unpaired) electrons. The highest BCUT2D eigenvalue weighted by molar-refractivity contribution is 5.76. The minimum Gasteiger partial charge on any atom is -0.469 e. The molecule has 4 heteroatoms. The van der Waals surface area contributed by atoms with Crippen molar-refractivity contribution in [3.05, 3.63) is 48.3 Å². The fourth-order valence-electron chi connectivity index (χ4n) is 2.59. The molecule has 1 atom stereocenters. The molecule has 1 amide bonds. The fraction of sp³-hybridized carbons (Fsp3) is 0.400. The summed E-state index contributed by atoms with van der Waals surface area (Å²) in [5, 5.41) is 0. The van der Waals surface area contributed by atoms with Gasteiger partial charge >= 0.3 is 0 Å². The van der Waals surface area contributed by atoms with Crippen molar-refractivity contribution in [3.8, 4) is 0 Å². The summed E-state index contributed by atoms with van der Waals surface area (Å²) in [6.07, 6.45) is 5.51. The number of amides is 1. The lowest BCUT2D eigenvalue weighted by molar-refractivity contribution is -0.130. The van der Waals surface area contributed by atoms with E-state index in [9.17, 15) is 4.79 Å². The first-order valence-electron chi connectivity index (χ1n) is 6.66. The van der Waals surface area contributed by atoms with Crippen molar-refractivity contribution in [1.82, 2.24) is 4.90 Å². The van der Waals surface area contributed by atoms with E-state index in [0.717, 1.165) is 31.0 Å². The van der Waals surface area contributed by atoms with Gasteiger partial charge in [-0.05, 0) is 30.7 Å². The molecule has 1 aliphatic rings. The van der Waals surface area contributed by atoms with E-state index in [0.29, 0.717) is 18.8 Å². The molecule has 3 rings (SSSR count). The van der Waals surface area contributed by atoms with Crippen LogP contribution in [-0.4, -0.2) is 23.9 Å². The van der Waals surface area contributed by atoms with E-state index in [1.807, 2.05) is 29.2 Å². The number of aryl methyl sites for hydroxylation is 1. The van der Waals surface area contributed by atoms with Crippen molar-refractivity contribution >= 4 is 5.91 Å². The fourth-order valence-corrected chi connectivity index (χ4v) is 2.59. The van der Waals surface area contributed by atoms with Crippen LogP contribution >= 0.6 is 0 Å². The highest BCUT2D eigenvalue weighted by Gasteiger charge is 2.28. The van der Waals surface area contributed by atoms with Gasteiger partial charge in [-0.3, -0.25) is 4.79 Å². The molecule has 1 aliphatic heterocycles. The van der Waals surface area contributed by atoms with Crippen LogP contribution < -0.4 is 0 Å². The summed E-state index contributed by atoms with van der Waals surface area (Å²) in [4.78, 5) is 14.0. The number of likely N-dealkylation sites (tertiary alicyclic amines) is 1. The van der Waals surface area contributed by atoms with Crippen molar-refractivity contribution in [2.24, 2.45) is 0 Å². The van der Waals surface area contributed by atoms with Crippen LogP contribution in [0.2, 0.25) is 0 Å². The summed E-state index contributed by atoms with van der Waals surface area (Å²) < 4.78 is 10.7. The van der Waals surface area contributed by atoms with E-state index >= 15 is 0 Å². The second-order valence-corrected chi connectivity index (χ2v) is 4.92. The van der Waals surface area contributed by atoms with Crippen LogP contribution in [0, 0.1) is 0 Å². The Morgan fingerprint density at radius 2 is 2.11 bits per heavy atom. The first-order valence-corrected chi connectivity index (χ1v) is 6.66. The molecule has 1 saturated heterocycles. The first kappa shape index (κ1) is 12.1. The Balaban J connectivity index is 1.51. The molecule has 0 aliphatic carbocycles. The van der Waals surface area contributed by atoms with Gasteiger partial charge in [-0.25, -0.2) is 0 Å². The standard InChI is InChI=1S/C15H17NO3/c17-15(6-5-13-3-1-9-18-13)16-8-7-12(11-16)14-4-2-10-19-14/h1-4,9-10,12H,5-8,11H2. The van der Waals surface area contributed by atoms with Gasteiger partial charge in [0.1, 0.15) is 11.5 Å². The highest BCUT2D eigenvalue weighted by Crippen LogP contribution is 2.27. The predicted octanol–water partition coefficient (Wildman–Crippen LogP) is 2.82. The Morgan fingerprint density at radius 3 is 2.84 bits per heavy atom. The average Bonchev–Trinajstić information content (AvgIpc) is 3.14. The Kier molecular flexibility index (Phi) is 3.40. The Morgan fingerprint density at radius 1 is 1.26 bits per heavy atom. The van der Waals surface area contributed by atoms with Crippen LogP contribution in [0.5, 0.6) is 0 Å². The number of hydrogen-bond acceptors (Lipinski definition) is 3. The van der Waals surface area contributed by atoms with Crippen molar-refractivity contribution in [2.45, 2.75) is 25.2 Å². The molecule has 1 fully saturated rings. The second-order valence-electron chi connectivity index (χ2n) is 4.92. The quantitative estimate of drug-likeness (QED) is 0.848. The van der Waals surface area contributed by atoms with Gasteiger partial charge in [0.15, 0.2) is 0 Å². The summed E-state index contributed by atoms with van der Waals surface area (Å²) in [6.45, 7) is 1.59. The lowest BCUT2D eigenvalue weighted by atomic mass is 10.1. The largest absolute Gasteiger partial charge is 0.469 e. The van der Waals surface area contributed by atoms with Gasteiger partial charge in [0.2, 0.25) is 5.91 Å². The molecular weight excluding hydrogens is 242 g/mol. The van der Waals surface area contributed by atoms with Crippen molar-refractivity contribution < 1.29 is 13.6 Å². The predicted molar refractivity (Wildman–Crippen MR) is 69.7 cm³/mol. The molecule has 2 aromatic heterocycles. The Bertz CT molecular complexity index is 516. The van der Waals surface area contributed by atoms with E-state index in [1.54, 1.807) is 12.5 Å². The topological polar surface area (TPSA) is 46.6 Å². The van der Waals surface area contributed by atoms with Crippen molar-refractivity contribution in [3.63, 3.8) is 0 Å². The maximum absolute atomic E-state index is 12.1. The van der Waals surface area contributed by atoms with E-state index in [-0.39, 0.29) is 5.91 Å². The van der Waals surface area contributed by atoms with Gasteiger partial charge in [-0.2, -0.15) is 0 Å². The molecular formula is C15H17NO3. The summed E-state index contributed by atoms with van der Waals surface area (Å²) in [7, 11) is 0. The van der Waals surface area contributed by atoms with Gasteiger partial charge in [0.05, 0.1) is 12.5 Å². The summed E-state index contributed by atoms with van der Waals surface area (Å²) in [5.41, 5.74) is 0. The summed E-state index contributed by atoms with van der Waals surface area (Å²) >= 11 is 0. The van der Waals surface area contributed by atoms with Crippen LogP contribution in [0.15, 0.2) is 45.6 Å². The minimum absolute atomic E-state index is 0.199. The molecule has 100 valence electrons. The second kappa shape index (κ2) is 5.34. The molecule has 1 unspecified atom stereocenters. The normalized spacial score (nSPS) is 18.9. The molecule has 0 spiro atoms. The molecule has 0 aromatic carbocycles. The SMILES string of the molecule is O=C(CCc1ccco1)N1CCC(c2ccco2)C1. The number of hydrogen-bond donors (Lipinski definition) is 0. The van der Waals surface area contributed by atoms with Crippen LogP contribution in [0.1, 0.15) is 30.3 Å². The number of nitrogens with zero attached hydrogens (tertiary/aromatic N) is 1. The van der Waals surface area contributed by atoms with E-state index in [1.165, 1.54) is 0 Å². The van der Waals surface area contributed by atoms with Crippen LogP contribution in [0.3, 0.4) is 0 Å². The van der Waals surface area contributed by atoms with Crippen LogP contribution in [-0.2, 0) is 11.2 Å². The number of carbonyl (C=O) groups excluding carboxylic acids is 1. The molecule has 0 bridgehead atoms. The first-order chi connectivity index (χ1) is 9.33. The zero-order valence-corrected chi connectivity index (χ0v) is 10.7. The minimum atomic E-state index is 0.199. The molecule has 0 saturated carbocycles. The highest BCUT2D eigenvalue weighted by atomic mass is 16.3. The van der Waals surface area contributed by atoms with E-state index in [2.05, 4.69) is 0 Å². The molecule has 3 heterocycles. The van der Waals surface area contributed by atoms with Gasteiger partial charge in [0.25, 0.3) is 0 Å². The average molecular weight is 259 g/mol. The van der Waals surface area contributed by atoms with Gasteiger partial charge < -0.3 is 13.7 Å². The summed E-state index contributed by atoms with van der Waals surface area (Å²) in [5.74, 6) is 2.41. The van der Waals surface area contributed by atoms with Crippen molar-refractivity contribution in [2.75, 3.05) is 13.1 Å². The zero-order valence-electron chi connectivity index (χ0n) is 10.7. The van der Waals surface area contributed by atoms with Crippen molar-refractivity contribution in [1.29, 1.82) is 0 Å². The molecule has 2 aromatic rings. The lowest BCUT2D eigenvalue weighted by Crippen LogP contribution is -2.28. The number of carbonyl (C=O) groups is 1.